The summed E-state index contributed by atoms with van der Waals surface area (Å²) in [5.74, 6) is 3.74. The van der Waals surface area contributed by atoms with E-state index in [1.54, 1.807) is 0 Å². The smallest absolute Gasteiger partial charge is 0.194 e. The van der Waals surface area contributed by atoms with Crippen LogP contribution in [0, 0.1) is 5.82 Å². The Morgan fingerprint density at radius 3 is 2.80 bits per heavy atom. The summed E-state index contributed by atoms with van der Waals surface area (Å²) in [4.78, 5) is 4.42. The zero-order valence-corrected chi connectivity index (χ0v) is 9.67. The van der Waals surface area contributed by atoms with Gasteiger partial charge >= 0.3 is 0 Å². The highest BCUT2D eigenvalue weighted by atomic mass is 79.9. The van der Waals surface area contributed by atoms with Crippen LogP contribution in [0.4, 0.5) is 4.39 Å². The van der Waals surface area contributed by atoms with Gasteiger partial charge in [-0.15, -0.1) is 0 Å². The van der Waals surface area contributed by atoms with E-state index in [1.165, 1.54) is 13.2 Å². The van der Waals surface area contributed by atoms with Gasteiger partial charge in [0.25, 0.3) is 0 Å². The van der Waals surface area contributed by atoms with E-state index in [4.69, 9.17) is 10.6 Å². The Morgan fingerprint density at radius 2 is 2.27 bits per heavy atom. The van der Waals surface area contributed by atoms with Crippen molar-refractivity contribution in [3.8, 4) is 11.5 Å². The van der Waals surface area contributed by atoms with E-state index in [9.17, 15) is 9.50 Å². The van der Waals surface area contributed by atoms with Gasteiger partial charge in [0.1, 0.15) is 0 Å². The third-order valence-electron chi connectivity index (χ3n) is 1.93. The number of phenolic OH excluding ortho intramolecular Hbond substituents is 1. The van der Waals surface area contributed by atoms with Crippen LogP contribution in [0.2, 0.25) is 0 Å². The molecule has 0 saturated carbocycles. The molecule has 0 radical (unpaired) electrons. The minimum Gasteiger partial charge on any atom is -0.502 e. The van der Waals surface area contributed by atoms with Crippen LogP contribution in [0.3, 0.4) is 0 Å². The van der Waals surface area contributed by atoms with Crippen LogP contribution in [0.15, 0.2) is 10.5 Å². The second-order valence-corrected chi connectivity index (χ2v) is 3.68. The zero-order chi connectivity index (χ0) is 11.4. The van der Waals surface area contributed by atoms with Crippen LogP contribution in [0.5, 0.6) is 11.5 Å². The molecule has 0 unspecified atom stereocenters. The maximum absolute atomic E-state index is 13.1. The highest BCUT2D eigenvalue weighted by molar-refractivity contribution is 9.10. The number of rotatable bonds is 4. The molecule has 1 aromatic carbocycles. The summed E-state index contributed by atoms with van der Waals surface area (Å²) in [6.45, 7) is 0.250. The fourth-order valence-electron chi connectivity index (χ4n) is 1.24. The van der Waals surface area contributed by atoms with Gasteiger partial charge in [0.15, 0.2) is 17.3 Å². The number of aromatic hydroxyl groups is 1. The number of nitrogens with two attached hydrogens (primary N) is 1. The van der Waals surface area contributed by atoms with Gasteiger partial charge in [-0.25, -0.2) is 10.3 Å². The number of methoxy groups -OCH3 is 1. The summed E-state index contributed by atoms with van der Waals surface area (Å²) in [5, 5.41) is 9.41. The lowest BCUT2D eigenvalue weighted by Gasteiger charge is -2.12. The van der Waals surface area contributed by atoms with E-state index in [-0.39, 0.29) is 12.4 Å². The fraction of sp³-hybridized carbons (Fsp3) is 0.333. The van der Waals surface area contributed by atoms with E-state index in [2.05, 4.69) is 20.8 Å². The molecule has 0 aromatic heterocycles. The molecule has 0 heterocycles. The summed E-state index contributed by atoms with van der Waals surface area (Å²) in [5.41, 5.74) is 0.613. The van der Waals surface area contributed by atoms with Crippen LogP contribution in [0.1, 0.15) is 5.56 Å². The van der Waals surface area contributed by atoms with Crippen molar-refractivity contribution in [2.24, 2.45) is 5.90 Å². The summed E-state index contributed by atoms with van der Waals surface area (Å²) >= 11 is 3.18. The van der Waals surface area contributed by atoms with Crippen molar-refractivity contribution in [3.63, 3.8) is 0 Å². The van der Waals surface area contributed by atoms with Crippen molar-refractivity contribution >= 4 is 15.9 Å². The molecule has 0 saturated heterocycles. The van der Waals surface area contributed by atoms with Crippen LogP contribution in [0.25, 0.3) is 0 Å². The van der Waals surface area contributed by atoms with Gasteiger partial charge in [-0.1, -0.05) is 15.9 Å². The standard InChI is InChI=1S/C9H11BrFNO3/c1-14-9-5(2-3-15-12)6(10)4-7(11)8(9)13/h4,13H,2-3,12H2,1H3. The molecule has 4 nitrogen and oxygen atoms in total. The average molecular weight is 280 g/mol. The molecule has 1 rings (SSSR count). The molecule has 84 valence electrons. The molecule has 0 spiro atoms. The van der Waals surface area contributed by atoms with Crippen LogP contribution in [-0.4, -0.2) is 18.8 Å². The molecule has 0 atom stereocenters. The third kappa shape index (κ3) is 2.58. The Balaban J connectivity index is 3.16. The lowest BCUT2D eigenvalue weighted by molar-refractivity contribution is 0.140. The van der Waals surface area contributed by atoms with E-state index in [0.29, 0.717) is 16.5 Å². The molecule has 0 amide bonds. The van der Waals surface area contributed by atoms with Crippen molar-refractivity contribution in [1.29, 1.82) is 0 Å². The van der Waals surface area contributed by atoms with Crippen molar-refractivity contribution in [2.45, 2.75) is 6.42 Å². The number of hydrogen-bond acceptors (Lipinski definition) is 4. The Hall–Kier alpha value is -0.850. The quantitative estimate of drug-likeness (QED) is 0.824. The molecule has 0 aliphatic carbocycles. The van der Waals surface area contributed by atoms with Gasteiger partial charge < -0.3 is 14.7 Å². The molecule has 0 aliphatic rings. The first-order chi connectivity index (χ1) is 7.11. The van der Waals surface area contributed by atoms with Crippen molar-refractivity contribution < 1.29 is 19.1 Å². The predicted molar refractivity (Wildman–Crippen MR) is 56.2 cm³/mol. The summed E-state index contributed by atoms with van der Waals surface area (Å²) in [6, 6.07) is 1.17. The Kier molecular flexibility index (Phi) is 4.31. The molecule has 0 aliphatic heterocycles. The van der Waals surface area contributed by atoms with Crippen molar-refractivity contribution in [2.75, 3.05) is 13.7 Å². The van der Waals surface area contributed by atoms with Gasteiger partial charge in [0.2, 0.25) is 0 Å². The van der Waals surface area contributed by atoms with E-state index >= 15 is 0 Å². The Morgan fingerprint density at radius 1 is 1.60 bits per heavy atom. The average Bonchev–Trinajstić information content (AvgIpc) is 2.21. The van der Waals surface area contributed by atoms with E-state index in [1.807, 2.05) is 0 Å². The zero-order valence-electron chi connectivity index (χ0n) is 8.09. The second kappa shape index (κ2) is 5.29. The molecule has 15 heavy (non-hydrogen) atoms. The van der Waals surface area contributed by atoms with Crippen molar-refractivity contribution in [3.05, 3.63) is 21.9 Å². The number of halogens is 2. The van der Waals surface area contributed by atoms with Gasteiger partial charge in [0, 0.05) is 16.5 Å². The maximum atomic E-state index is 13.1. The third-order valence-corrected chi connectivity index (χ3v) is 2.64. The maximum Gasteiger partial charge on any atom is 0.194 e. The molecule has 1 aromatic rings. The van der Waals surface area contributed by atoms with E-state index in [0.717, 1.165) is 0 Å². The number of phenols is 1. The molecule has 6 heteroatoms. The SMILES string of the molecule is COc1c(O)c(F)cc(Br)c1CCON. The van der Waals surface area contributed by atoms with Crippen LogP contribution >= 0.6 is 15.9 Å². The van der Waals surface area contributed by atoms with Gasteiger partial charge in [-0.3, -0.25) is 0 Å². The molecule has 0 fully saturated rings. The summed E-state index contributed by atoms with van der Waals surface area (Å²) in [6.07, 6.45) is 0.411. The monoisotopic (exact) mass is 279 g/mol. The molecular formula is C9H11BrFNO3. The first-order valence-electron chi connectivity index (χ1n) is 4.17. The molecule has 0 bridgehead atoms. The largest absolute Gasteiger partial charge is 0.502 e. The van der Waals surface area contributed by atoms with Crippen LogP contribution in [-0.2, 0) is 11.3 Å². The van der Waals surface area contributed by atoms with Gasteiger partial charge in [-0.05, 0) is 6.07 Å². The second-order valence-electron chi connectivity index (χ2n) is 2.82. The first-order valence-corrected chi connectivity index (χ1v) is 4.96. The number of benzene rings is 1. The first kappa shape index (κ1) is 12.2. The van der Waals surface area contributed by atoms with Crippen LogP contribution < -0.4 is 10.6 Å². The Labute approximate surface area is 94.9 Å². The molecular weight excluding hydrogens is 269 g/mol. The van der Waals surface area contributed by atoms with Crippen molar-refractivity contribution in [1.82, 2.24) is 0 Å². The molecule has 3 N–H and O–H groups in total. The highest BCUT2D eigenvalue weighted by Crippen LogP contribution is 2.37. The summed E-state index contributed by atoms with van der Waals surface area (Å²) < 4.78 is 18.5. The lowest BCUT2D eigenvalue weighted by Crippen LogP contribution is -2.06. The minimum absolute atomic E-state index is 0.0962. The number of hydrogen-bond donors (Lipinski definition) is 2. The van der Waals surface area contributed by atoms with E-state index < -0.39 is 11.6 Å². The predicted octanol–water partition coefficient (Wildman–Crippen LogP) is 1.74. The fourth-order valence-corrected chi connectivity index (χ4v) is 1.82. The van der Waals surface area contributed by atoms with Gasteiger partial charge in [0.05, 0.1) is 13.7 Å². The highest BCUT2D eigenvalue weighted by Gasteiger charge is 2.17. The number of ether oxygens (including phenoxy) is 1. The lowest BCUT2D eigenvalue weighted by atomic mass is 10.1. The summed E-state index contributed by atoms with van der Waals surface area (Å²) in [7, 11) is 1.35. The minimum atomic E-state index is -0.740. The normalized spacial score (nSPS) is 10.4. The van der Waals surface area contributed by atoms with Gasteiger partial charge in [-0.2, -0.15) is 0 Å². The Bertz CT molecular complexity index is 360. The topological polar surface area (TPSA) is 64.7 Å².